The maximum absolute atomic E-state index is 14.6. The first-order chi connectivity index (χ1) is 17.3. The fourth-order valence-electron chi connectivity index (χ4n) is 4.22. The average molecular weight is 490 g/mol. The van der Waals surface area contributed by atoms with Crippen LogP contribution in [0.3, 0.4) is 0 Å². The van der Waals surface area contributed by atoms with Crippen molar-refractivity contribution in [3.05, 3.63) is 60.2 Å². The third-order valence-electron chi connectivity index (χ3n) is 6.21. The van der Waals surface area contributed by atoms with Crippen molar-refractivity contribution in [1.82, 2.24) is 24.6 Å². The molecule has 0 spiro atoms. The molecule has 4 aromatic rings. The Labute approximate surface area is 205 Å². The maximum atomic E-state index is 14.6. The molecule has 3 heterocycles. The summed E-state index contributed by atoms with van der Waals surface area (Å²) in [6, 6.07) is 9.34. The van der Waals surface area contributed by atoms with Gasteiger partial charge in [0.15, 0.2) is 11.6 Å². The number of carboxylic acids is 1. The summed E-state index contributed by atoms with van der Waals surface area (Å²) in [5, 5.41) is 14.1. The molecular weight excluding hydrogens is 467 g/mol. The molecule has 10 nitrogen and oxygen atoms in total. The lowest BCUT2D eigenvalue weighted by Gasteiger charge is -2.35. The predicted molar refractivity (Wildman–Crippen MR) is 130 cm³/mol. The Morgan fingerprint density at radius 3 is 2.39 bits per heavy atom. The fraction of sp³-hybridized carbons (Fsp3) is 0.240. The number of carbonyl (C=O) groups excluding carboxylic acids is 1. The number of methoxy groups -OCH3 is 1. The zero-order chi connectivity index (χ0) is 25.4. The Morgan fingerprint density at radius 2 is 1.75 bits per heavy atom. The van der Waals surface area contributed by atoms with E-state index in [1.165, 1.54) is 30.0 Å². The topological polar surface area (TPSA) is 114 Å². The number of halogens is 1. The Kier molecular flexibility index (Phi) is 5.96. The summed E-state index contributed by atoms with van der Waals surface area (Å²) in [4.78, 5) is 36.0. The van der Waals surface area contributed by atoms with Crippen molar-refractivity contribution in [2.24, 2.45) is 0 Å². The van der Waals surface area contributed by atoms with Crippen LogP contribution >= 0.6 is 0 Å². The van der Waals surface area contributed by atoms with Gasteiger partial charge in [0, 0.05) is 56.3 Å². The van der Waals surface area contributed by atoms with Gasteiger partial charge in [-0.2, -0.15) is 10.1 Å². The van der Waals surface area contributed by atoms with Crippen LogP contribution in [0.1, 0.15) is 17.3 Å². The molecular formula is C25H23FN6O4. The van der Waals surface area contributed by atoms with E-state index in [1.807, 2.05) is 4.90 Å². The molecule has 36 heavy (non-hydrogen) atoms. The van der Waals surface area contributed by atoms with E-state index in [9.17, 15) is 14.0 Å². The molecule has 2 aromatic heterocycles. The zero-order valence-electron chi connectivity index (χ0n) is 19.7. The van der Waals surface area contributed by atoms with E-state index in [0.29, 0.717) is 42.9 Å². The molecule has 184 valence electrons. The molecule has 0 unspecified atom stereocenters. The molecule has 0 saturated carbocycles. The average Bonchev–Trinajstić information content (AvgIpc) is 3.38. The number of rotatable bonds is 5. The molecule has 1 aliphatic rings. The standard InChI is InChI=1S/C25H23FN6O4/c1-15(33)30-7-9-31(10-8-30)23-19-11-22(36-2)20(26)12-21(19)28-25(29-23)32-14-18(13-27-32)16-3-5-17(6-4-16)24(34)35/h3-6,11-14H,7-10H2,1-2H3,(H,34,35). The van der Waals surface area contributed by atoms with E-state index >= 15 is 0 Å². The molecule has 1 fully saturated rings. The zero-order valence-corrected chi connectivity index (χ0v) is 19.7. The lowest BCUT2D eigenvalue weighted by molar-refractivity contribution is -0.129. The molecule has 1 N–H and O–H groups in total. The third kappa shape index (κ3) is 4.30. The Bertz CT molecular complexity index is 1460. The summed E-state index contributed by atoms with van der Waals surface area (Å²) < 4.78 is 21.3. The number of aromatic carboxylic acids is 1. The van der Waals surface area contributed by atoms with E-state index in [-0.39, 0.29) is 23.2 Å². The highest BCUT2D eigenvalue weighted by atomic mass is 19.1. The summed E-state index contributed by atoms with van der Waals surface area (Å²) in [6.07, 6.45) is 3.36. The van der Waals surface area contributed by atoms with Crippen molar-refractivity contribution < 1.29 is 23.8 Å². The molecule has 11 heteroatoms. The van der Waals surface area contributed by atoms with E-state index in [4.69, 9.17) is 14.8 Å². The maximum Gasteiger partial charge on any atom is 0.335 e. The monoisotopic (exact) mass is 490 g/mol. The van der Waals surface area contributed by atoms with Crippen LogP contribution in [-0.2, 0) is 4.79 Å². The summed E-state index contributed by atoms with van der Waals surface area (Å²) >= 11 is 0. The van der Waals surface area contributed by atoms with Crippen LogP contribution in [0.15, 0.2) is 48.8 Å². The van der Waals surface area contributed by atoms with Crippen molar-refractivity contribution in [2.75, 3.05) is 38.2 Å². The fourth-order valence-corrected chi connectivity index (χ4v) is 4.22. The first-order valence-electron chi connectivity index (χ1n) is 11.3. The minimum Gasteiger partial charge on any atom is -0.494 e. The molecule has 1 aliphatic heterocycles. The number of amides is 1. The lowest BCUT2D eigenvalue weighted by atomic mass is 10.1. The summed E-state index contributed by atoms with van der Waals surface area (Å²) in [7, 11) is 1.40. The number of hydrogen-bond acceptors (Lipinski definition) is 7. The number of anilines is 1. The number of carbonyl (C=O) groups is 2. The smallest absolute Gasteiger partial charge is 0.335 e. The molecule has 0 radical (unpaired) electrons. The Balaban J connectivity index is 1.55. The van der Waals surface area contributed by atoms with Gasteiger partial charge in [-0.3, -0.25) is 4.79 Å². The normalized spacial score (nSPS) is 13.8. The van der Waals surface area contributed by atoms with Gasteiger partial charge in [-0.25, -0.2) is 18.9 Å². The van der Waals surface area contributed by atoms with E-state index in [0.717, 1.165) is 11.1 Å². The lowest BCUT2D eigenvalue weighted by Crippen LogP contribution is -2.48. The molecule has 0 bridgehead atoms. The summed E-state index contributed by atoms with van der Waals surface area (Å²) in [5.41, 5.74) is 2.11. The highest BCUT2D eigenvalue weighted by molar-refractivity contribution is 5.91. The van der Waals surface area contributed by atoms with Gasteiger partial charge < -0.3 is 19.6 Å². The second-order valence-electron chi connectivity index (χ2n) is 8.40. The van der Waals surface area contributed by atoms with Crippen LogP contribution in [-0.4, -0.2) is 74.9 Å². The van der Waals surface area contributed by atoms with Gasteiger partial charge in [0.2, 0.25) is 5.91 Å². The quantitative estimate of drug-likeness (QED) is 0.454. The van der Waals surface area contributed by atoms with Crippen LogP contribution < -0.4 is 9.64 Å². The number of nitrogens with zero attached hydrogens (tertiary/aromatic N) is 6. The third-order valence-corrected chi connectivity index (χ3v) is 6.21. The summed E-state index contributed by atoms with van der Waals surface area (Å²) in [6.45, 7) is 3.77. The van der Waals surface area contributed by atoms with Crippen molar-refractivity contribution >= 4 is 28.6 Å². The Morgan fingerprint density at radius 1 is 1.03 bits per heavy atom. The van der Waals surface area contributed by atoms with Crippen molar-refractivity contribution in [1.29, 1.82) is 0 Å². The number of ether oxygens (including phenoxy) is 1. The van der Waals surface area contributed by atoms with Gasteiger partial charge in [-0.1, -0.05) is 12.1 Å². The number of piperazine rings is 1. The minimum absolute atomic E-state index is 0.0204. The van der Waals surface area contributed by atoms with Crippen LogP contribution in [0, 0.1) is 5.82 Å². The second kappa shape index (κ2) is 9.25. The summed E-state index contributed by atoms with van der Waals surface area (Å²) in [5.74, 6) is -0.575. The van der Waals surface area contributed by atoms with E-state index in [1.54, 1.807) is 42.4 Å². The van der Waals surface area contributed by atoms with Gasteiger partial charge in [-0.05, 0) is 23.8 Å². The number of fused-ring (bicyclic) bond motifs is 1. The molecule has 2 aromatic carbocycles. The van der Waals surface area contributed by atoms with Gasteiger partial charge in [0.05, 0.1) is 24.4 Å². The van der Waals surface area contributed by atoms with E-state index < -0.39 is 11.8 Å². The highest BCUT2D eigenvalue weighted by Gasteiger charge is 2.24. The first-order valence-corrected chi connectivity index (χ1v) is 11.3. The molecule has 5 rings (SSSR count). The second-order valence-corrected chi connectivity index (χ2v) is 8.40. The number of aromatic nitrogens is 4. The molecule has 1 amide bonds. The van der Waals surface area contributed by atoms with Gasteiger partial charge >= 0.3 is 5.97 Å². The SMILES string of the molecule is COc1cc2c(N3CCN(C(C)=O)CC3)nc(-n3cc(-c4ccc(C(=O)O)cc4)cn3)nc2cc1F. The first kappa shape index (κ1) is 23.2. The van der Waals surface area contributed by atoms with Gasteiger partial charge in [0.25, 0.3) is 5.95 Å². The molecule has 0 aliphatic carbocycles. The predicted octanol–water partition coefficient (Wildman–Crippen LogP) is 3.00. The van der Waals surface area contributed by atoms with E-state index in [2.05, 4.69) is 10.1 Å². The largest absolute Gasteiger partial charge is 0.494 e. The van der Waals surface area contributed by atoms with Crippen molar-refractivity contribution in [3.8, 4) is 22.8 Å². The van der Waals surface area contributed by atoms with Gasteiger partial charge in [-0.15, -0.1) is 0 Å². The number of benzene rings is 2. The van der Waals surface area contributed by atoms with Gasteiger partial charge in [0.1, 0.15) is 5.82 Å². The molecule has 1 saturated heterocycles. The number of hydrogen-bond donors (Lipinski definition) is 1. The highest BCUT2D eigenvalue weighted by Crippen LogP contribution is 2.31. The Hall–Kier alpha value is -4.54. The van der Waals surface area contributed by atoms with Crippen molar-refractivity contribution in [3.63, 3.8) is 0 Å². The number of carboxylic acid groups (broad SMARTS) is 1. The van der Waals surface area contributed by atoms with Crippen LogP contribution in [0.4, 0.5) is 10.2 Å². The minimum atomic E-state index is -0.998. The van der Waals surface area contributed by atoms with Crippen molar-refractivity contribution in [2.45, 2.75) is 6.92 Å². The molecule has 0 atom stereocenters. The van der Waals surface area contributed by atoms with Crippen LogP contribution in [0.2, 0.25) is 0 Å². The van der Waals surface area contributed by atoms with Crippen LogP contribution in [0.5, 0.6) is 5.75 Å². The van der Waals surface area contributed by atoms with Crippen LogP contribution in [0.25, 0.3) is 28.0 Å².